The maximum absolute atomic E-state index is 12.3. The molecule has 0 radical (unpaired) electrons. The molecule has 0 fully saturated rings. The van der Waals surface area contributed by atoms with Crippen molar-refractivity contribution in [1.29, 1.82) is 0 Å². The summed E-state index contributed by atoms with van der Waals surface area (Å²) in [5.41, 5.74) is 2.33. The number of benzene rings is 3. The van der Waals surface area contributed by atoms with Crippen LogP contribution in [0.4, 0.5) is 0 Å². The maximum atomic E-state index is 12.3. The number of nitrogens with zero attached hydrogens (tertiary/aromatic N) is 1. The largest absolute Gasteiger partial charge is 0.356 e. The van der Waals surface area contributed by atoms with E-state index in [2.05, 4.69) is 64.6 Å². The summed E-state index contributed by atoms with van der Waals surface area (Å²) >= 11 is 0. The topological polar surface area (TPSA) is 34.0 Å². The lowest BCUT2D eigenvalue weighted by Gasteiger charge is -2.09. The van der Waals surface area contributed by atoms with Crippen molar-refractivity contribution in [2.45, 2.75) is 19.4 Å². The number of para-hydroxylation sites is 1. The predicted molar refractivity (Wildman–Crippen MR) is 107 cm³/mol. The van der Waals surface area contributed by atoms with E-state index in [1.165, 1.54) is 16.3 Å². The van der Waals surface area contributed by atoms with Gasteiger partial charge in [-0.25, -0.2) is 0 Å². The van der Waals surface area contributed by atoms with Crippen LogP contribution in [0.5, 0.6) is 0 Å². The standard InChI is InChI=1S/C23H22N2O/c26-23(17-20-10-5-9-18-7-1-3-11-21(18)20)24-14-6-15-25-16-13-19-8-2-4-12-22(19)25/h1-5,7-13,16H,6,14-15,17H2,(H,24,26). The first-order valence-corrected chi connectivity index (χ1v) is 9.08. The third-order valence-corrected chi connectivity index (χ3v) is 4.81. The van der Waals surface area contributed by atoms with Gasteiger partial charge in [0.1, 0.15) is 0 Å². The number of hydrogen-bond acceptors (Lipinski definition) is 1. The van der Waals surface area contributed by atoms with Crippen LogP contribution in [-0.2, 0) is 17.8 Å². The second kappa shape index (κ2) is 7.44. The highest BCUT2D eigenvalue weighted by Crippen LogP contribution is 2.19. The molecule has 0 spiro atoms. The van der Waals surface area contributed by atoms with Crippen LogP contribution in [0.3, 0.4) is 0 Å². The average Bonchev–Trinajstić information content (AvgIpc) is 3.09. The second-order valence-corrected chi connectivity index (χ2v) is 6.59. The van der Waals surface area contributed by atoms with E-state index in [0.29, 0.717) is 13.0 Å². The minimum Gasteiger partial charge on any atom is -0.356 e. The van der Waals surface area contributed by atoms with E-state index in [4.69, 9.17) is 0 Å². The molecule has 0 unspecified atom stereocenters. The Bertz CT molecular complexity index is 1040. The quantitative estimate of drug-likeness (QED) is 0.513. The number of rotatable bonds is 6. The van der Waals surface area contributed by atoms with Crippen LogP contribution in [0.25, 0.3) is 21.7 Å². The molecule has 26 heavy (non-hydrogen) atoms. The number of hydrogen-bond donors (Lipinski definition) is 1. The van der Waals surface area contributed by atoms with Gasteiger partial charge in [-0.05, 0) is 40.3 Å². The second-order valence-electron chi connectivity index (χ2n) is 6.59. The van der Waals surface area contributed by atoms with Crippen molar-refractivity contribution < 1.29 is 4.79 Å². The molecule has 3 nitrogen and oxygen atoms in total. The molecule has 1 N–H and O–H groups in total. The van der Waals surface area contributed by atoms with Gasteiger partial charge in [-0.3, -0.25) is 4.79 Å². The van der Waals surface area contributed by atoms with E-state index < -0.39 is 0 Å². The first-order valence-electron chi connectivity index (χ1n) is 9.08. The molecule has 0 bridgehead atoms. The lowest BCUT2D eigenvalue weighted by Crippen LogP contribution is -2.26. The van der Waals surface area contributed by atoms with Gasteiger partial charge in [0.2, 0.25) is 5.91 Å². The Morgan fingerprint density at radius 1 is 0.846 bits per heavy atom. The fourth-order valence-corrected chi connectivity index (χ4v) is 3.49. The van der Waals surface area contributed by atoms with Gasteiger partial charge in [0.25, 0.3) is 0 Å². The Labute approximate surface area is 153 Å². The summed E-state index contributed by atoms with van der Waals surface area (Å²) in [6.45, 7) is 1.60. The predicted octanol–water partition coefficient (Wildman–Crippen LogP) is 4.54. The summed E-state index contributed by atoms with van der Waals surface area (Å²) < 4.78 is 2.24. The Kier molecular flexibility index (Phi) is 4.69. The molecule has 3 heteroatoms. The van der Waals surface area contributed by atoms with Crippen molar-refractivity contribution in [3.8, 4) is 0 Å². The van der Waals surface area contributed by atoms with Crippen molar-refractivity contribution in [3.63, 3.8) is 0 Å². The number of carbonyl (C=O) groups is 1. The van der Waals surface area contributed by atoms with Crippen LogP contribution in [0.1, 0.15) is 12.0 Å². The summed E-state index contributed by atoms with van der Waals surface area (Å²) in [6.07, 6.45) is 3.45. The number of nitrogens with one attached hydrogen (secondary N) is 1. The molecule has 0 aliphatic rings. The lowest BCUT2D eigenvalue weighted by molar-refractivity contribution is -0.120. The van der Waals surface area contributed by atoms with Crippen LogP contribution in [0.2, 0.25) is 0 Å². The zero-order chi connectivity index (χ0) is 17.8. The molecule has 3 aromatic carbocycles. The fourth-order valence-electron chi connectivity index (χ4n) is 3.49. The molecule has 0 aliphatic carbocycles. The monoisotopic (exact) mass is 342 g/mol. The number of aryl methyl sites for hydroxylation is 1. The molecule has 4 aromatic rings. The molecule has 1 heterocycles. The van der Waals surface area contributed by atoms with Gasteiger partial charge in [0.05, 0.1) is 6.42 Å². The molecule has 0 saturated heterocycles. The molecular formula is C23H22N2O. The van der Waals surface area contributed by atoms with E-state index in [1.807, 2.05) is 24.3 Å². The number of fused-ring (bicyclic) bond motifs is 2. The SMILES string of the molecule is O=C(Cc1cccc2ccccc12)NCCCn1ccc2ccccc21. The first kappa shape index (κ1) is 16.4. The zero-order valence-corrected chi connectivity index (χ0v) is 14.7. The zero-order valence-electron chi connectivity index (χ0n) is 14.7. The van der Waals surface area contributed by atoms with Crippen LogP contribution in [0.15, 0.2) is 79.0 Å². The molecule has 0 saturated carbocycles. The highest BCUT2D eigenvalue weighted by atomic mass is 16.1. The van der Waals surface area contributed by atoms with Crippen molar-refractivity contribution in [1.82, 2.24) is 9.88 Å². The minimum atomic E-state index is 0.0821. The van der Waals surface area contributed by atoms with Crippen molar-refractivity contribution >= 4 is 27.6 Å². The third kappa shape index (κ3) is 3.47. The number of amides is 1. The van der Waals surface area contributed by atoms with Crippen molar-refractivity contribution in [3.05, 3.63) is 84.6 Å². The smallest absolute Gasteiger partial charge is 0.224 e. The summed E-state index contributed by atoms with van der Waals surface area (Å²) in [7, 11) is 0. The summed E-state index contributed by atoms with van der Waals surface area (Å²) in [5.74, 6) is 0.0821. The lowest BCUT2D eigenvalue weighted by atomic mass is 10.0. The van der Waals surface area contributed by atoms with Gasteiger partial charge in [-0.2, -0.15) is 0 Å². The first-order chi connectivity index (χ1) is 12.8. The van der Waals surface area contributed by atoms with Gasteiger partial charge < -0.3 is 9.88 Å². The van der Waals surface area contributed by atoms with E-state index >= 15 is 0 Å². The Balaban J connectivity index is 1.31. The van der Waals surface area contributed by atoms with Gasteiger partial charge in [0, 0.05) is 24.8 Å². The van der Waals surface area contributed by atoms with Gasteiger partial charge >= 0.3 is 0 Å². The molecule has 1 amide bonds. The Morgan fingerprint density at radius 2 is 1.62 bits per heavy atom. The number of carbonyl (C=O) groups excluding carboxylic acids is 1. The fraction of sp³-hybridized carbons (Fsp3) is 0.174. The van der Waals surface area contributed by atoms with Crippen molar-refractivity contribution in [2.24, 2.45) is 0 Å². The molecule has 0 atom stereocenters. The molecule has 1 aromatic heterocycles. The van der Waals surface area contributed by atoms with Crippen LogP contribution in [0, 0.1) is 0 Å². The minimum absolute atomic E-state index is 0.0821. The van der Waals surface area contributed by atoms with E-state index in [1.54, 1.807) is 0 Å². The number of aromatic nitrogens is 1. The van der Waals surface area contributed by atoms with Gasteiger partial charge in [0.15, 0.2) is 0 Å². The molecule has 0 aliphatic heterocycles. The highest BCUT2D eigenvalue weighted by Gasteiger charge is 2.06. The van der Waals surface area contributed by atoms with Crippen molar-refractivity contribution in [2.75, 3.05) is 6.54 Å². The highest BCUT2D eigenvalue weighted by molar-refractivity contribution is 5.90. The Hall–Kier alpha value is -3.07. The Morgan fingerprint density at radius 3 is 2.54 bits per heavy atom. The average molecular weight is 342 g/mol. The van der Waals surface area contributed by atoms with E-state index in [0.717, 1.165) is 23.9 Å². The summed E-state index contributed by atoms with van der Waals surface area (Å²) in [4.78, 5) is 12.3. The van der Waals surface area contributed by atoms with Gasteiger partial charge in [-0.15, -0.1) is 0 Å². The van der Waals surface area contributed by atoms with Crippen LogP contribution in [-0.4, -0.2) is 17.0 Å². The molecule has 4 rings (SSSR count). The van der Waals surface area contributed by atoms with Crippen LogP contribution < -0.4 is 5.32 Å². The molecule has 130 valence electrons. The summed E-state index contributed by atoms with van der Waals surface area (Å²) in [5, 5.41) is 6.65. The van der Waals surface area contributed by atoms with E-state index in [-0.39, 0.29) is 5.91 Å². The maximum Gasteiger partial charge on any atom is 0.224 e. The normalized spacial score (nSPS) is 11.1. The van der Waals surface area contributed by atoms with Crippen LogP contribution >= 0.6 is 0 Å². The van der Waals surface area contributed by atoms with Gasteiger partial charge in [-0.1, -0.05) is 60.7 Å². The van der Waals surface area contributed by atoms with E-state index in [9.17, 15) is 4.79 Å². The summed E-state index contributed by atoms with van der Waals surface area (Å²) in [6, 6.07) is 24.8. The molecular weight excluding hydrogens is 320 g/mol. The third-order valence-electron chi connectivity index (χ3n) is 4.81.